The van der Waals surface area contributed by atoms with E-state index in [0.717, 1.165) is 20.1 Å². The van der Waals surface area contributed by atoms with E-state index in [0.29, 0.717) is 6.42 Å². The SMILES string of the molecule is NC(Cc1ccc(Cl)c(F)c1)c1cc(Br)ccc1Br. The monoisotopic (exact) mass is 405 g/mol. The molecular weight excluding hydrogens is 396 g/mol. The van der Waals surface area contributed by atoms with Crippen LogP contribution in [0, 0.1) is 5.82 Å². The van der Waals surface area contributed by atoms with Crippen molar-refractivity contribution in [3.05, 3.63) is 67.3 Å². The number of rotatable bonds is 3. The Balaban J connectivity index is 2.22. The van der Waals surface area contributed by atoms with Crippen LogP contribution >= 0.6 is 43.5 Å². The molecule has 0 radical (unpaired) electrons. The van der Waals surface area contributed by atoms with Gasteiger partial charge in [0.15, 0.2) is 0 Å². The maximum absolute atomic E-state index is 13.4. The lowest BCUT2D eigenvalue weighted by atomic mass is 10.00. The third-order valence-electron chi connectivity index (χ3n) is 2.80. The molecule has 1 nitrogen and oxygen atoms in total. The number of nitrogens with two attached hydrogens (primary N) is 1. The fourth-order valence-corrected chi connectivity index (χ4v) is 2.87. The highest BCUT2D eigenvalue weighted by Crippen LogP contribution is 2.28. The van der Waals surface area contributed by atoms with Gasteiger partial charge in [-0.1, -0.05) is 49.5 Å². The molecule has 0 bridgehead atoms. The lowest BCUT2D eigenvalue weighted by Crippen LogP contribution is -2.14. The number of hydrogen-bond acceptors (Lipinski definition) is 1. The van der Waals surface area contributed by atoms with E-state index in [2.05, 4.69) is 31.9 Å². The Morgan fingerprint density at radius 2 is 1.89 bits per heavy atom. The van der Waals surface area contributed by atoms with Gasteiger partial charge in [0, 0.05) is 15.0 Å². The summed E-state index contributed by atoms with van der Waals surface area (Å²) >= 11 is 12.6. The van der Waals surface area contributed by atoms with Gasteiger partial charge in [0.1, 0.15) is 5.82 Å². The molecule has 0 heterocycles. The van der Waals surface area contributed by atoms with Crippen LogP contribution in [0.25, 0.3) is 0 Å². The highest BCUT2D eigenvalue weighted by molar-refractivity contribution is 9.11. The van der Waals surface area contributed by atoms with Crippen LogP contribution in [0.15, 0.2) is 45.3 Å². The molecule has 5 heteroatoms. The van der Waals surface area contributed by atoms with Crippen LogP contribution in [0.1, 0.15) is 17.2 Å². The first-order chi connectivity index (χ1) is 8.97. The van der Waals surface area contributed by atoms with Gasteiger partial charge in [-0.05, 0) is 47.9 Å². The van der Waals surface area contributed by atoms with Crippen LogP contribution in [-0.4, -0.2) is 0 Å². The summed E-state index contributed by atoms with van der Waals surface area (Å²) in [7, 11) is 0. The van der Waals surface area contributed by atoms with Gasteiger partial charge in [0.2, 0.25) is 0 Å². The molecule has 0 aliphatic rings. The molecular formula is C14H11Br2ClFN. The minimum absolute atomic E-state index is 0.126. The largest absolute Gasteiger partial charge is 0.324 e. The Hall–Kier alpha value is -0.420. The molecule has 1 unspecified atom stereocenters. The van der Waals surface area contributed by atoms with Gasteiger partial charge in [0.25, 0.3) is 0 Å². The van der Waals surface area contributed by atoms with Gasteiger partial charge in [-0.15, -0.1) is 0 Å². The lowest BCUT2D eigenvalue weighted by Gasteiger charge is -2.14. The number of halogens is 4. The van der Waals surface area contributed by atoms with E-state index in [4.69, 9.17) is 17.3 Å². The Labute approximate surface area is 133 Å². The number of benzene rings is 2. The van der Waals surface area contributed by atoms with E-state index >= 15 is 0 Å². The van der Waals surface area contributed by atoms with Gasteiger partial charge in [-0.25, -0.2) is 4.39 Å². The zero-order valence-electron chi connectivity index (χ0n) is 9.84. The first-order valence-electron chi connectivity index (χ1n) is 5.62. The molecule has 19 heavy (non-hydrogen) atoms. The summed E-state index contributed by atoms with van der Waals surface area (Å²) in [5.41, 5.74) is 7.98. The Morgan fingerprint density at radius 3 is 2.58 bits per heavy atom. The molecule has 2 N–H and O–H groups in total. The summed E-state index contributed by atoms with van der Waals surface area (Å²) in [5, 5.41) is 0.126. The van der Waals surface area contributed by atoms with Crippen molar-refractivity contribution in [1.29, 1.82) is 0 Å². The molecule has 0 fully saturated rings. The second kappa shape index (κ2) is 6.35. The Kier molecular flexibility index (Phi) is 5.01. The molecule has 0 aliphatic carbocycles. The summed E-state index contributed by atoms with van der Waals surface area (Å²) < 4.78 is 15.3. The van der Waals surface area contributed by atoms with E-state index in [-0.39, 0.29) is 11.1 Å². The molecule has 0 saturated heterocycles. The average Bonchev–Trinajstić information content (AvgIpc) is 2.36. The number of hydrogen-bond donors (Lipinski definition) is 1. The topological polar surface area (TPSA) is 26.0 Å². The molecule has 2 aromatic carbocycles. The highest BCUT2D eigenvalue weighted by Gasteiger charge is 2.12. The summed E-state index contributed by atoms with van der Waals surface area (Å²) in [5.74, 6) is -0.417. The van der Waals surface area contributed by atoms with E-state index in [1.807, 2.05) is 18.2 Å². The van der Waals surface area contributed by atoms with E-state index in [1.54, 1.807) is 12.1 Å². The lowest BCUT2D eigenvalue weighted by molar-refractivity contribution is 0.622. The van der Waals surface area contributed by atoms with Gasteiger partial charge < -0.3 is 5.73 Å². The smallest absolute Gasteiger partial charge is 0.142 e. The minimum atomic E-state index is -0.417. The van der Waals surface area contributed by atoms with Gasteiger partial charge >= 0.3 is 0 Å². The van der Waals surface area contributed by atoms with Crippen LogP contribution in [0.4, 0.5) is 4.39 Å². The molecule has 1 atom stereocenters. The van der Waals surface area contributed by atoms with Crippen molar-refractivity contribution in [3.8, 4) is 0 Å². The van der Waals surface area contributed by atoms with Crippen LogP contribution in [0.5, 0.6) is 0 Å². The van der Waals surface area contributed by atoms with Crippen LogP contribution in [-0.2, 0) is 6.42 Å². The summed E-state index contributed by atoms with van der Waals surface area (Å²) in [6.45, 7) is 0. The van der Waals surface area contributed by atoms with Gasteiger partial charge in [-0.2, -0.15) is 0 Å². The standard InChI is InChI=1S/C14H11Br2ClFN/c15-9-2-3-11(16)10(7-9)14(19)6-8-1-4-12(17)13(18)5-8/h1-5,7,14H,6,19H2. The minimum Gasteiger partial charge on any atom is -0.324 e. The van der Waals surface area contributed by atoms with Crippen molar-refractivity contribution in [3.63, 3.8) is 0 Å². The molecule has 0 spiro atoms. The van der Waals surface area contributed by atoms with Crippen molar-refractivity contribution >= 4 is 43.5 Å². The maximum atomic E-state index is 13.4. The summed E-state index contributed by atoms with van der Waals surface area (Å²) in [4.78, 5) is 0. The van der Waals surface area contributed by atoms with Gasteiger partial charge in [0.05, 0.1) is 5.02 Å². The predicted molar refractivity (Wildman–Crippen MR) is 83.9 cm³/mol. The first kappa shape index (κ1) is 15.0. The van der Waals surface area contributed by atoms with Crippen molar-refractivity contribution in [2.45, 2.75) is 12.5 Å². The molecule has 0 amide bonds. The van der Waals surface area contributed by atoms with Crippen LogP contribution in [0.3, 0.4) is 0 Å². The molecule has 100 valence electrons. The van der Waals surface area contributed by atoms with Crippen molar-refractivity contribution < 1.29 is 4.39 Å². The Bertz CT molecular complexity index is 604. The quantitative estimate of drug-likeness (QED) is 0.739. The van der Waals surface area contributed by atoms with Crippen LogP contribution < -0.4 is 5.73 Å². The fraction of sp³-hybridized carbons (Fsp3) is 0.143. The second-order valence-electron chi connectivity index (χ2n) is 4.22. The van der Waals surface area contributed by atoms with Crippen molar-refractivity contribution in [2.24, 2.45) is 5.73 Å². The molecule has 2 aromatic rings. The average molecular weight is 408 g/mol. The Morgan fingerprint density at radius 1 is 1.16 bits per heavy atom. The molecule has 0 aromatic heterocycles. The fourth-order valence-electron chi connectivity index (χ4n) is 1.83. The summed E-state index contributed by atoms with van der Waals surface area (Å²) in [6, 6.07) is 10.4. The van der Waals surface area contributed by atoms with Gasteiger partial charge in [-0.3, -0.25) is 0 Å². The van der Waals surface area contributed by atoms with E-state index in [9.17, 15) is 4.39 Å². The normalized spacial score (nSPS) is 12.5. The van der Waals surface area contributed by atoms with Crippen molar-refractivity contribution in [2.75, 3.05) is 0 Å². The maximum Gasteiger partial charge on any atom is 0.142 e. The second-order valence-corrected chi connectivity index (χ2v) is 6.40. The molecule has 0 aliphatic heterocycles. The molecule has 0 saturated carbocycles. The summed E-state index contributed by atoms with van der Waals surface area (Å²) in [6.07, 6.45) is 0.545. The third kappa shape index (κ3) is 3.78. The highest BCUT2D eigenvalue weighted by atomic mass is 79.9. The molecule has 2 rings (SSSR count). The third-order valence-corrected chi connectivity index (χ3v) is 4.32. The van der Waals surface area contributed by atoms with E-state index in [1.165, 1.54) is 6.07 Å². The zero-order valence-corrected chi connectivity index (χ0v) is 13.8. The van der Waals surface area contributed by atoms with E-state index < -0.39 is 5.82 Å². The van der Waals surface area contributed by atoms with Crippen molar-refractivity contribution in [1.82, 2.24) is 0 Å². The predicted octanol–water partition coefficient (Wildman–Crippen LogP) is 5.25. The van der Waals surface area contributed by atoms with Crippen LogP contribution in [0.2, 0.25) is 5.02 Å². The zero-order chi connectivity index (χ0) is 14.0. The first-order valence-corrected chi connectivity index (χ1v) is 7.58.